The van der Waals surface area contributed by atoms with Crippen molar-refractivity contribution in [2.24, 2.45) is 0 Å². The van der Waals surface area contributed by atoms with Gasteiger partial charge in [0.05, 0.1) is 6.54 Å². The maximum Gasteiger partial charge on any atom is 0.234 e. The van der Waals surface area contributed by atoms with E-state index in [1.807, 2.05) is 0 Å². The lowest BCUT2D eigenvalue weighted by Crippen LogP contribution is -2.48. The Morgan fingerprint density at radius 2 is 2.00 bits per heavy atom. The molecule has 2 unspecified atom stereocenters. The summed E-state index contributed by atoms with van der Waals surface area (Å²) in [7, 11) is 0. The molecule has 96 valence electrons. The molecule has 1 amide bonds. The monoisotopic (exact) mass is 237 g/mol. The summed E-state index contributed by atoms with van der Waals surface area (Å²) in [6.45, 7) is 2.91. The lowest BCUT2D eigenvalue weighted by molar-refractivity contribution is -0.121. The van der Waals surface area contributed by atoms with E-state index in [1.165, 1.54) is 45.2 Å². The van der Waals surface area contributed by atoms with Crippen LogP contribution in [0.1, 0.15) is 38.5 Å². The second kappa shape index (κ2) is 4.94. The number of hydrogen-bond acceptors (Lipinski definition) is 3. The van der Waals surface area contributed by atoms with Gasteiger partial charge in [-0.1, -0.05) is 6.42 Å². The molecule has 2 atom stereocenters. The second-order valence-corrected chi connectivity index (χ2v) is 5.72. The van der Waals surface area contributed by atoms with Crippen molar-refractivity contribution in [1.82, 2.24) is 15.5 Å². The minimum absolute atomic E-state index is 0.189. The Labute approximate surface area is 103 Å². The van der Waals surface area contributed by atoms with Gasteiger partial charge in [0.2, 0.25) is 5.91 Å². The highest BCUT2D eigenvalue weighted by Crippen LogP contribution is 2.27. The molecule has 2 N–H and O–H groups in total. The van der Waals surface area contributed by atoms with Crippen LogP contribution in [0.3, 0.4) is 0 Å². The third-order valence-corrected chi connectivity index (χ3v) is 4.33. The average molecular weight is 237 g/mol. The largest absolute Gasteiger partial charge is 0.351 e. The zero-order valence-electron chi connectivity index (χ0n) is 10.5. The average Bonchev–Trinajstić information content (AvgIpc) is 3.10. The normalized spacial score (nSPS) is 33.4. The van der Waals surface area contributed by atoms with Crippen LogP contribution in [-0.4, -0.2) is 48.6 Å². The third kappa shape index (κ3) is 2.80. The van der Waals surface area contributed by atoms with E-state index in [0.717, 1.165) is 6.42 Å². The van der Waals surface area contributed by atoms with E-state index in [0.29, 0.717) is 24.7 Å². The van der Waals surface area contributed by atoms with Gasteiger partial charge in [-0.15, -0.1) is 0 Å². The summed E-state index contributed by atoms with van der Waals surface area (Å²) < 4.78 is 0. The van der Waals surface area contributed by atoms with E-state index in [-0.39, 0.29) is 5.91 Å². The zero-order chi connectivity index (χ0) is 11.7. The first-order valence-electron chi connectivity index (χ1n) is 7.10. The molecule has 0 aromatic carbocycles. The maximum absolute atomic E-state index is 11.8. The summed E-state index contributed by atoms with van der Waals surface area (Å²) in [6, 6.07) is 1.65. The van der Waals surface area contributed by atoms with Crippen molar-refractivity contribution in [3.8, 4) is 0 Å². The highest BCUT2D eigenvalue weighted by Gasteiger charge is 2.36. The number of piperidine rings is 1. The Morgan fingerprint density at radius 3 is 2.82 bits per heavy atom. The Balaban J connectivity index is 1.45. The molecular formula is C13H23N3O. The molecule has 2 saturated heterocycles. The molecule has 3 fully saturated rings. The van der Waals surface area contributed by atoms with Crippen LogP contribution in [-0.2, 0) is 4.79 Å². The van der Waals surface area contributed by atoms with Crippen LogP contribution in [0.2, 0.25) is 0 Å². The van der Waals surface area contributed by atoms with Gasteiger partial charge >= 0.3 is 0 Å². The molecule has 1 aliphatic carbocycles. The van der Waals surface area contributed by atoms with Gasteiger partial charge in [-0.2, -0.15) is 0 Å². The molecule has 2 aliphatic heterocycles. The Hall–Kier alpha value is -0.610. The predicted octanol–water partition coefficient (Wildman–Crippen LogP) is 0.481. The van der Waals surface area contributed by atoms with Gasteiger partial charge in [0.15, 0.2) is 0 Å². The summed E-state index contributed by atoms with van der Waals surface area (Å²) in [4.78, 5) is 14.4. The Morgan fingerprint density at radius 1 is 1.12 bits per heavy atom. The number of carbonyl (C=O) groups excluding carboxylic acids is 1. The number of hydrogen-bond donors (Lipinski definition) is 2. The van der Waals surface area contributed by atoms with Gasteiger partial charge in [0, 0.05) is 24.7 Å². The molecule has 0 bridgehead atoms. The van der Waals surface area contributed by atoms with Crippen molar-refractivity contribution in [2.45, 2.75) is 56.7 Å². The van der Waals surface area contributed by atoms with Crippen molar-refractivity contribution < 1.29 is 4.79 Å². The molecule has 3 rings (SSSR count). The van der Waals surface area contributed by atoms with E-state index in [1.54, 1.807) is 0 Å². The number of fused-ring (bicyclic) bond motifs is 1. The summed E-state index contributed by atoms with van der Waals surface area (Å²) in [5.74, 6) is 0.189. The summed E-state index contributed by atoms with van der Waals surface area (Å²) in [5.41, 5.74) is 0. The van der Waals surface area contributed by atoms with E-state index < -0.39 is 0 Å². The molecule has 3 aliphatic rings. The van der Waals surface area contributed by atoms with Crippen molar-refractivity contribution in [1.29, 1.82) is 0 Å². The molecule has 0 spiro atoms. The van der Waals surface area contributed by atoms with Crippen molar-refractivity contribution in [3.63, 3.8) is 0 Å². The van der Waals surface area contributed by atoms with E-state index >= 15 is 0 Å². The zero-order valence-corrected chi connectivity index (χ0v) is 10.5. The van der Waals surface area contributed by atoms with Crippen molar-refractivity contribution >= 4 is 5.91 Å². The Kier molecular flexibility index (Phi) is 3.34. The third-order valence-electron chi connectivity index (χ3n) is 4.33. The molecule has 0 radical (unpaired) electrons. The van der Waals surface area contributed by atoms with Crippen LogP contribution in [0.4, 0.5) is 0 Å². The molecular weight excluding hydrogens is 214 g/mol. The van der Waals surface area contributed by atoms with E-state index in [4.69, 9.17) is 0 Å². The van der Waals surface area contributed by atoms with Crippen LogP contribution in [0.15, 0.2) is 0 Å². The van der Waals surface area contributed by atoms with Gasteiger partial charge in [0.25, 0.3) is 0 Å². The molecule has 17 heavy (non-hydrogen) atoms. The fraction of sp³-hybridized carbons (Fsp3) is 0.923. The van der Waals surface area contributed by atoms with Crippen LogP contribution in [0.5, 0.6) is 0 Å². The van der Waals surface area contributed by atoms with Gasteiger partial charge in [0.1, 0.15) is 0 Å². The lowest BCUT2D eigenvalue weighted by Gasteiger charge is -2.32. The standard InChI is InChI=1S/C13H23N3O/c17-13(9-14-10-4-5-10)15-11-6-8-16-7-2-1-3-12(11)16/h10-12,14H,1-9H2,(H,15,17). The quantitative estimate of drug-likeness (QED) is 0.747. The van der Waals surface area contributed by atoms with Gasteiger partial charge in [-0.3, -0.25) is 9.69 Å². The number of carbonyl (C=O) groups is 1. The van der Waals surface area contributed by atoms with Crippen molar-refractivity contribution in [3.05, 3.63) is 0 Å². The maximum atomic E-state index is 11.8. The second-order valence-electron chi connectivity index (χ2n) is 5.72. The number of nitrogens with one attached hydrogen (secondary N) is 2. The molecule has 1 saturated carbocycles. The fourth-order valence-corrected chi connectivity index (χ4v) is 3.20. The smallest absolute Gasteiger partial charge is 0.234 e. The minimum Gasteiger partial charge on any atom is -0.351 e. The molecule has 0 aromatic rings. The van der Waals surface area contributed by atoms with Gasteiger partial charge in [-0.25, -0.2) is 0 Å². The highest BCUT2D eigenvalue weighted by atomic mass is 16.2. The first-order valence-corrected chi connectivity index (χ1v) is 7.10. The molecule has 0 aromatic heterocycles. The van der Waals surface area contributed by atoms with Gasteiger partial charge < -0.3 is 10.6 Å². The van der Waals surface area contributed by atoms with Crippen LogP contribution in [0.25, 0.3) is 0 Å². The number of amides is 1. The highest BCUT2D eigenvalue weighted by molar-refractivity contribution is 5.78. The van der Waals surface area contributed by atoms with Crippen LogP contribution in [0, 0.1) is 0 Å². The summed E-state index contributed by atoms with van der Waals surface area (Å²) in [6.07, 6.45) is 7.55. The molecule has 4 heteroatoms. The first kappa shape index (κ1) is 11.5. The van der Waals surface area contributed by atoms with E-state index in [9.17, 15) is 4.79 Å². The van der Waals surface area contributed by atoms with E-state index in [2.05, 4.69) is 15.5 Å². The summed E-state index contributed by atoms with van der Waals surface area (Å²) in [5, 5.41) is 6.49. The topological polar surface area (TPSA) is 44.4 Å². The number of rotatable bonds is 4. The fourth-order valence-electron chi connectivity index (χ4n) is 3.20. The summed E-state index contributed by atoms with van der Waals surface area (Å²) >= 11 is 0. The van der Waals surface area contributed by atoms with Crippen molar-refractivity contribution in [2.75, 3.05) is 19.6 Å². The SMILES string of the molecule is O=C(CNC1CC1)NC1CCN2CCCCC12. The Bertz CT molecular complexity index is 290. The molecule has 4 nitrogen and oxygen atoms in total. The minimum atomic E-state index is 0.189. The molecule has 2 heterocycles. The predicted molar refractivity (Wildman–Crippen MR) is 66.8 cm³/mol. The number of nitrogens with zero attached hydrogens (tertiary/aromatic N) is 1. The van der Waals surface area contributed by atoms with Crippen LogP contribution < -0.4 is 10.6 Å². The lowest BCUT2D eigenvalue weighted by atomic mass is 9.99. The first-order chi connectivity index (χ1) is 8.33. The van der Waals surface area contributed by atoms with Gasteiger partial charge in [-0.05, 0) is 38.6 Å². The van der Waals surface area contributed by atoms with Crippen LogP contribution >= 0.6 is 0 Å².